The molecule has 0 fully saturated rings. The summed E-state index contributed by atoms with van der Waals surface area (Å²) < 4.78 is 18.3. The first-order valence-electron chi connectivity index (χ1n) is 6.40. The third kappa shape index (κ3) is 2.58. The van der Waals surface area contributed by atoms with E-state index in [-0.39, 0.29) is 11.7 Å². The number of anilines is 1. The Labute approximate surface area is 120 Å². The lowest BCUT2D eigenvalue weighted by Crippen LogP contribution is -2.12. The molecule has 0 aliphatic heterocycles. The van der Waals surface area contributed by atoms with E-state index in [9.17, 15) is 9.18 Å². The fraction of sp³-hybridized carbons (Fsp3) is 0.0625. The molecule has 0 unspecified atom stereocenters. The molecule has 0 aliphatic carbocycles. The smallest absolute Gasteiger partial charge is 0.272 e. The van der Waals surface area contributed by atoms with Gasteiger partial charge in [-0.1, -0.05) is 12.1 Å². The minimum atomic E-state index is -0.346. The maximum atomic E-state index is 13.2. The lowest BCUT2D eigenvalue weighted by molar-refractivity contribution is 0.102. The number of methoxy groups -OCH3 is 1. The SMILES string of the molecule is COc1ccccc1NC(=O)c1cc2ccc(F)cc2[nH]1. The molecule has 4 nitrogen and oxygen atoms in total. The van der Waals surface area contributed by atoms with Crippen molar-refractivity contribution in [2.24, 2.45) is 0 Å². The van der Waals surface area contributed by atoms with Crippen molar-refractivity contribution < 1.29 is 13.9 Å². The van der Waals surface area contributed by atoms with E-state index in [2.05, 4.69) is 10.3 Å². The van der Waals surface area contributed by atoms with Gasteiger partial charge in [-0.3, -0.25) is 4.79 Å². The molecule has 2 N–H and O–H groups in total. The van der Waals surface area contributed by atoms with Crippen molar-refractivity contribution in [2.45, 2.75) is 0 Å². The van der Waals surface area contributed by atoms with Crippen LogP contribution in [0, 0.1) is 5.82 Å². The number of hydrogen-bond acceptors (Lipinski definition) is 2. The van der Waals surface area contributed by atoms with Gasteiger partial charge in [0.15, 0.2) is 0 Å². The summed E-state index contributed by atoms with van der Waals surface area (Å²) in [5, 5.41) is 3.54. The van der Waals surface area contributed by atoms with Gasteiger partial charge < -0.3 is 15.0 Å². The van der Waals surface area contributed by atoms with E-state index in [0.29, 0.717) is 22.6 Å². The van der Waals surface area contributed by atoms with Crippen LogP contribution in [0.15, 0.2) is 48.5 Å². The van der Waals surface area contributed by atoms with E-state index in [1.807, 2.05) is 6.07 Å². The highest BCUT2D eigenvalue weighted by atomic mass is 19.1. The van der Waals surface area contributed by atoms with Crippen LogP contribution < -0.4 is 10.1 Å². The van der Waals surface area contributed by atoms with Crippen LogP contribution in [0.25, 0.3) is 10.9 Å². The van der Waals surface area contributed by atoms with Gasteiger partial charge in [0.05, 0.1) is 12.8 Å². The van der Waals surface area contributed by atoms with E-state index < -0.39 is 0 Å². The number of amides is 1. The summed E-state index contributed by atoms with van der Waals surface area (Å²) in [6.45, 7) is 0. The van der Waals surface area contributed by atoms with Gasteiger partial charge in [0.25, 0.3) is 5.91 Å². The first-order chi connectivity index (χ1) is 10.2. The summed E-state index contributed by atoms with van der Waals surface area (Å²) in [6, 6.07) is 13.2. The number of rotatable bonds is 3. The number of carbonyl (C=O) groups is 1. The Morgan fingerprint density at radius 1 is 1.19 bits per heavy atom. The maximum Gasteiger partial charge on any atom is 0.272 e. The van der Waals surface area contributed by atoms with Gasteiger partial charge in [-0.2, -0.15) is 0 Å². The van der Waals surface area contributed by atoms with Crippen LogP contribution in [-0.2, 0) is 0 Å². The summed E-state index contributed by atoms with van der Waals surface area (Å²) >= 11 is 0. The number of nitrogens with one attached hydrogen (secondary N) is 2. The number of hydrogen-bond donors (Lipinski definition) is 2. The molecule has 0 saturated carbocycles. The molecule has 21 heavy (non-hydrogen) atoms. The molecule has 0 radical (unpaired) electrons. The average Bonchev–Trinajstić information content (AvgIpc) is 2.91. The Morgan fingerprint density at radius 2 is 2.00 bits per heavy atom. The lowest BCUT2D eigenvalue weighted by atomic mass is 10.2. The summed E-state index contributed by atoms with van der Waals surface area (Å²) in [5.41, 5.74) is 1.52. The first kappa shape index (κ1) is 13.2. The quantitative estimate of drug-likeness (QED) is 0.772. The van der Waals surface area contributed by atoms with Gasteiger partial charge in [-0.15, -0.1) is 0 Å². The standard InChI is InChI=1S/C16H13FN2O2/c1-21-15-5-3-2-4-12(15)19-16(20)14-8-10-6-7-11(17)9-13(10)18-14/h2-9,18H,1H3,(H,19,20). The van der Waals surface area contributed by atoms with Gasteiger partial charge in [0, 0.05) is 10.9 Å². The molecule has 1 aromatic heterocycles. The van der Waals surface area contributed by atoms with Crippen molar-refractivity contribution in [1.29, 1.82) is 0 Å². The van der Waals surface area contributed by atoms with E-state index in [4.69, 9.17) is 4.74 Å². The molecule has 5 heteroatoms. The van der Waals surface area contributed by atoms with Crippen LogP contribution in [0.4, 0.5) is 10.1 Å². The van der Waals surface area contributed by atoms with Crippen LogP contribution in [0.3, 0.4) is 0 Å². The molecule has 1 amide bonds. The first-order valence-corrected chi connectivity index (χ1v) is 6.40. The number of aromatic amines is 1. The zero-order valence-corrected chi connectivity index (χ0v) is 11.3. The Hall–Kier alpha value is -2.82. The van der Waals surface area contributed by atoms with Crippen LogP contribution in [-0.4, -0.2) is 18.0 Å². The van der Waals surface area contributed by atoms with Gasteiger partial charge in [-0.05, 0) is 36.4 Å². The second kappa shape index (κ2) is 5.28. The fourth-order valence-corrected chi connectivity index (χ4v) is 2.16. The van der Waals surface area contributed by atoms with Crippen LogP contribution in [0.1, 0.15) is 10.5 Å². The van der Waals surface area contributed by atoms with Crippen molar-refractivity contribution in [3.8, 4) is 5.75 Å². The largest absolute Gasteiger partial charge is 0.495 e. The highest BCUT2D eigenvalue weighted by Gasteiger charge is 2.12. The number of carbonyl (C=O) groups excluding carboxylic acids is 1. The zero-order chi connectivity index (χ0) is 14.8. The number of fused-ring (bicyclic) bond motifs is 1. The van der Waals surface area contributed by atoms with Gasteiger partial charge in [0.1, 0.15) is 17.3 Å². The average molecular weight is 284 g/mol. The van der Waals surface area contributed by atoms with Crippen LogP contribution in [0.2, 0.25) is 0 Å². The number of aromatic nitrogens is 1. The van der Waals surface area contributed by atoms with Crippen LogP contribution >= 0.6 is 0 Å². The lowest BCUT2D eigenvalue weighted by Gasteiger charge is -2.08. The highest BCUT2D eigenvalue weighted by Crippen LogP contribution is 2.24. The van der Waals surface area contributed by atoms with Crippen LogP contribution in [0.5, 0.6) is 5.75 Å². The van der Waals surface area contributed by atoms with Gasteiger partial charge in [0.2, 0.25) is 0 Å². The van der Waals surface area contributed by atoms with E-state index in [0.717, 1.165) is 5.39 Å². The van der Waals surface area contributed by atoms with E-state index in [1.165, 1.54) is 19.2 Å². The molecular formula is C16H13FN2O2. The minimum absolute atomic E-state index is 0.309. The molecule has 3 aromatic rings. The molecule has 0 atom stereocenters. The van der Waals surface area contributed by atoms with E-state index in [1.54, 1.807) is 30.3 Å². The Morgan fingerprint density at radius 3 is 2.81 bits per heavy atom. The molecule has 2 aromatic carbocycles. The van der Waals surface area contributed by atoms with Crippen molar-refractivity contribution in [3.05, 3.63) is 60.0 Å². The van der Waals surface area contributed by atoms with Crippen molar-refractivity contribution in [3.63, 3.8) is 0 Å². The number of halogens is 1. The molecule has 0 saturated heterocycles. The predicted octanol–water partition coefficient (Wildman–Crippen LogP) is 3.57. The highest BCUT2D eigenvalue weighted by molar-refractivity contribution is 6.06. The van der Waals surface area contributed by atoms with Crippen molar-refractivity contribution in [1.82, 2.24) is 4.98 Å². The van der Waals surface area contributed by atoms with Gasteiger partial charge in [-0.25, -0.2) is 4.39 Å². The van der Waals surface area contributed by atoms with Gasteiger partial charge >= 0.3 is 0 Å². The monoisotopic (exact) mass is 284 g/mol. The Bertz CT molecular complexity index is 811. The molecule has 0 spiro atoms. The molecular weight excluding hydrogens is 271 g/mol. The summed E-state index contributed by atoms with van der Waals surface area (Å²) in [5.74, 6) is -0.0786. The maximum absolute atomic E-state index is 13.2. The van der Waals surface area contributed by atoms with Crippen molar-refractivity contribution in [2.75, 3.05) is 12.4 Å². The second-order valence-electron chi connectivity index (χ2n) is 4.57. The zero-order valence-electron chi connectivity index (χ0n) is 11.3. The number of benzene rings is 2. The topological polar surface area (TPSA) is 54.1 Å². The molecule has 3 rings (SSSR count). The Kier molecular flexibility index (Phi) is 3.31. The molecule has 106 valence electrons. The Balaban J connectivity index is 1.90. The number of H-pyrrole nitrogens is 1. The summed E-state index contributed by atoms with van der Waals surface area (Å²) in [6.07, 6.45) is 0. The number of ether oxygens (including phenoxy) is 1. The predicted molar refractivity (Wildman–Crippen MR) is 79.2 cm³/mol. The third-order valence-corrected chi connectivity index (χ3v) is 3.18. The normalized spacial score (nSPS) is 10.6. The summed E-state index contributed by atoms with van der Waals surface area (Å²) in [7, 11) is 1.54. The van der Waals surface area contributed by atoms with Crippen molar-refractivity contribution >= 4 is 22.5 Å². The molecule has 0 aliphatic rings. The molecule has 0 bridgehead atoms. The second-order valence-corrected chi connectivity index (χ2v) is 4.57. The molecule has 1 heterocycles. The minimum Gasteiger partial charge on any atom is -0.495 e. The third-order valence-electron chi connectivity index (χ3n) is 3.18. The number of para-hydroxylation sites is 2. The van der Waals surface area contributed by atoms with E-state index >= 15 is 0 Å². The fourth-order valence-electron chi connectivity index (χ4n) is 2.16. The summed E-state index contributed by atoms with van der Waals surface area (Å²) in [4.78, 5) is 15.1.